The zero-order valence-electron chi connectivity index (χ0n) is 11.1. The fraction of sp³-hybridized carbons (Fsp3) is 0.200. The molecule has 2 N–H and O–H groups in total. The van der Waals surface area contributed by atoms with Gasteiger partial charge < -0.3 is 5.11 Å². The predicted octanol–water partition coefficient (Wildman–Crippen LogP) is 2.14. The molecule has 0 aliphatic heterocycles. The molecule has 98 valence electrons. The van der Waals surface area contributed by atoms with Gasteiger partial charge in [0.05, 0.1) is 5.56 Å². The lowest BCUT2D eigenvalue weighted by molar-refractivity contribution is -0.642. The van der Waals surface area contributed by atoms with Gasteiger partial charge in [-0.05, 0) is 12.5 Å². The van der Waals surface area contributed by atoms with E-state index in [1.54, 1.807) is 13.1 Å². The number of benzene rings is 1. The lowest BCUT2D eigenvalue weighted by Gasteiger charge is -2.06. The molecule has 0 saturated heterocycles. The van der Waals surface area contributed by atoms with Crippen molar-refractivity contribution >= 4 is 5.91 Å². The largest absolute Gasteiger partial charge is 0.502 e. The van der Waals surface area contributed by atoms with Crippen molar-refractivity contribution in [2.45, 2.75) is 20.3 Å². The van der Waals surface area contributed by atoms with E-state index in [1.807, 2.05) is 37.3 Å². The maximum Gasteiger partial charge on any atom is 0.274 e. The molecule has 2 rings (SSSR count). The predicted molar refractivity (Wildman–Crippen MR) is 73.1 cm³/mol. The molecular weight excluding hydrogens is 240 g/mol. The van der Waals surface area contributed by atoms with E-state index in [1.165, 1.54) is 10.9 Å². The summed E-state index contributed by atoms with van der Waals surface area (Å²) in [6, 6.07) is 9.75. The molecule has 0 bridgehead atoms. The highest BCUT2D eigenvalue weighted by Gasteiger charge is 2.15. The van der Waals surface area contributed by atoms with Gasteiger partial charge in [0.2, 0.25) is 12.4 Å². The summed E-state index contributed by atoms with van der Waals surface area (Å²) >= 11 is 0. The van der Waals surface area contributed by atoms with Crippen LogP contribution in [-0.4, -0.2) is 11.0 Å². The highest BCUT2D eigenvalue weighted by molar-refractivity contribution is 5.81. The van der Waals surface area contributed by atoms with Crippen LogP contribution in [0.2, 0.25) is 0 Å². The van der Waals surface area contributed by atoms with Crippen molar-refractivity contribution < 1.29 is 14.6 Å². The van der Waals surface area contributed by atoms with Crippen molar-refractivity contribution in [2.24, 2.45) is 0 Å². The Morgan fingerprint density at radius 1 is 1.26 bits per heavy atom. The van der Waals surface area contributed by atoms with Crippen molar-refractivity contribution in [3.8, 4) is 16.9 Å². The molecule has 2 aromatic rings. The Hall–Kier alpha value is -2.36. The summed E-state index contributed by atoms with van der Waals surface area (Å²) in [4.78, 5) is 11.4. The molecule has 4 nitrogen and oxygen atoms in total. The molecule has 0 atom stereocenters. The molecule has 1 aromatic heterocycles. The number of carbonyl (C=O) groups excluding carboxylic acids is 1. The lowest BCUT2D eigenvalue weighted by atomic mass is 10.0. The van der Waals surface area contributed by atoms with Crippen molar-refractivity contribution in [1.82, 2.24) is 0 Å². The molecule has 0 radical (unpaired) electrons. The molecule has 1 amide bonds. The summed E-state index contributed by atoms with van der Waals surface area (Å²) in [6.07, 6.45) is 3.69. The van der Waals surface area contributed by atoms with Crippen LogP contribution in [0, 0.1) is 6.92 Å². The van der Waals surface area contributed by atoms with Gasteiger partial charge >= 0.3 is 0 Å². The van der Waals surface area contributed by atoms with Gasteiger partial charge in [0, 0.05) is 12.0 Å². The quantitative estimate of drug-likeness (QED) is 0.828. The highest BCUT2D eigenvalue weighted by Crippen LogP contribution is 2.26. The molecule has 4 heteroatoms. The van der Waals surface area contributed by atoms with E-state index < -0.39 is 0 Å². The molecule has 0 spiro atoms. The second-order valence-corrected chi connectivity index (χ2v) is 4.34. The summed E-state index contributed by atoms with van der Waals surface area (Å²) < 4.78 is 1.50. The fourth-order valence-corrected chi connectivity index (χ4v) is 1.84. The summed E-state index contributed by atoms with van der Waals surface area (Å²) in [5, 5.41) is 9.96. The first-order valence-corrected chi connectivity index (χ1v) is 6.22. The molecule has 0 aliphatic rings. The summed E-state index contributed by atoms with van der Waals surface area (Å²) in [5.74, 6) is 0.0463. The molecule has 1 heterocycles. The third-order valence-electron chi connectivity index (χ3n) is 2.98. The smallest absolute Gasteiger partial charge is 0.274 e. The number of carbonyl (C=O) groups is 1. The number of aromatic nitrogens is 1. The SMILES string of the molecule is CCC(=O)N[n+]1cc(O)c(C)c(-c2ccccc2)c1. The minimum atomic E-state index is -0.104. The second-order valence-electron chi connectivity index (χ2n) is 4.34. The van der Waals surface area contributed by atoms with Crippen LogP contribution in [0.5, 0.6) is 5.75 Å². The normalized spacial score (nSPS) is 10.2. The first kappa shape index (κ1) is 13.1. The first-order chi connectivity index (χ1) is 9.11. The molecule has 0 fully saturated rings. The van der Waals surface area contributed by atoms with E-state index in [0.717, 1.165) is 16.7 Å². The molecule has 19 heavy (non-hydrogen) atoms. The zero-order valence-corrected chi connectivity index (χ0v) is 11.1. The summed E-state index contributed by atoms with van der Waals surface area (Å²) in [7, 11) is 0. The van der Waals surface area contributed by atoms with Gasteiger partial charge in [-0.1, -0.05) is 41.9 Å². The van der Waals surface area contributed by atoms with Gasteiger partial charge in [-0.25, -0.2) is 0 Å². The van der Waals surface area contributed by atoms with Crippen LogP contribution in [0.4, 0.5) is 0 Å². The number of hydrogen-bond acceptors (Lipinski definition) is 2. The van der Waals surface area contributed by atoms with Crippen molar-refractivity contribution in [3.63, 3.8) is 0 Å². The standard InChI is InChI=1S/C15H16N2O2/c1-3-15(19)16-17-9-13(11(2)14(18)10-17)12-7-5-4-6-8-12/h4-10H,3H2,1-2H3,(H-,16,18,19)/p+1. The Balaban J connectivity index is 2.46. The Labute approximate surface area is 112 Å². The van der Waals surface area contributed by atoms with Gasteiger partial charge in [-0.2, -0.15) is 0 Å². The highest BCUT2D eigenvalue weighted by atomic mass is 16.3. The van der Waals surface area contributed by atoms with Crippen LogP contribution in [0.25, 0.3) is 11.1 Å². The van der Waals surface area contributed by atoms with E-state index in [4.69, 9.17) is 0 Å². The van der Waals surface area contributed by atoms with E-state index >= 15 is 0 Å². The van der Waals surface area contributed by atoms with Crippen molar-refractivity contribution in [3.05, 3.63) is 48.3 Å². The van der Waals surface area contributed by atoms with Crippen LogP contribution in [0.1, 0.15) is 18.9 Å². The molecule has 0 saturated carbocycles. The minimum absolute atomic E-state index is 0.104. The maximum atomic E-state index is 11.4. The zero-order chi connectivity index (χ0) is 13.8. The van der Waals surface area contributed by atoms with E-state index in [2.05, 4.69) is 5.43 Å². The summed E-state index contributed by atoms with van der Waals surface area (Å²) in [6.45, 7) is 3.63. The van der Waals surface area contributed by atoms with Crippen LogP contribution in [-0.2, 0) is 4.79 Å². The van der Waals surface area contributed by atoms with Gasteiger partial charge in [0.1, 0.15) is 0 Å². The molecule has 0 aliphatic carbocycles. The summed E-state index contributed by atoms with van der Waals surface area (Å²) in [5.41, 5.74) is 5.35. The number of nitrogens with one attached hydrogen (secondary N) is 1. The van der Waals surface area contributed by atoms with Crippen LogP contribution >= 0.6 is 0 Å². The Morgan fingerprint density at radius 2 is 1.95 bits per heavy atom. The second kappa shape index (κ2) is 5.52. The fourth-order valence-electron chi connectivity index (χ4n) is 1.84. The number of rotatable bonds is 3. The average Bonchev–Trinajstić information content (AvgIpc) is 2.43. The van der Waals surface area contributed by atoms with Crippen molar-refractivity contribution in [2.75, 3.05) is 5.43 Å². The number of pyridine rings is 1. The van der Waals surface area contributed by atoms with Crippen LogP contribution in [0.15, 0.2) is 42.7 Å². The number of nitrogens with zero attached hydrogens (tertiary/aromatic N) is 1. The first-order valence-electron chi connectivity index (χ1n) is 6.22. The van der Waals surface area contributed by atoms with Gasteiger partial charge in [0.25, 0.3) is 5.91 Å². The average molecular weight is 257 g/mol. The number of hydrogen-bond donors (Lipinski definition) is 2. The van der Waals surface area contributed by atoms with E-state index in [9.17, 15) is 9.90 Å². The van der Waals surface area contributed by atoms with Gasteiger partial charge in [0.15, 0.2) is 5.75 Å². The number of aromatic hydroxyl groups is 1. The third-order valence-corrected chi connectivity index (χ3v) is 2.98. The topological polar surface area (TPSA) is 53.2 Å². The van der Waals surface area contributed by atoms with Crippen molar-refractivity contribution in [1.29, 1.82) is 0 Å². The minimum Gasteiger partial charge on any atom is -0.502 e. The van der Waals surface area contributed by atoms with Crippen LogP contribution in [0.3, 0.4) is 0 Å². The van der Waals surface area contributed by atoms with E-state index in [-0.39, 0.29) is 11.7 Å². The Bertz CT molecular complexity index is 595. The van der Waals surface area contributed by atoms with Gasteiger partial charge in [-0.3, -0.25) is 4.79 Å². The Kier molecular flexibility index (Phi) is 3.80. The molecular formula is C15H17N2O2+. The number of amides is 1. The lowest BCUT2D eigenvalue weighted by Crippen LogP contribution is -2.47. The molecule has 1 aromatic carbocycles. The molecule has 0 unspecified atom stereocenters. The van der Waals surface area contributed by atoms with Crippen LogP contribution < -0.4 is 10.1 Å². The monoisotopic (exact) mass is 257 g/mol. The van der Waals surface area contributed by atoms with E-state index in [0.29, 0.717) is 6.42 Å². The maximum absolute atomic E-state index is 11.4. The van der Waals surface area contributed by atoms with Gasteiger partial charge in [-0.15, -0.1) is 5.43 Å². The Morgan fingerprint density at radius 3 is 2.58 bits per heavy atom. The third kappa shape index (κ3) is 2.91.